The summed E-state index contributed by atoms with van der Waals surface area (Å²) in [6, 6.07) is 9.91. The second kappa shape index (κ2) is 14.1. The summed E-state index contributed by atoms with van der Waals surface area (Å²) >= 11 is 0. The Labute approximate surface area is 191 Å². The third-order valence-corrected chi connectivity index (χ3v) is 4.21. The lowest BCUT2D eigenvalue weighted by Crippen LogP contribution is -2.32. The van der Waals surface area contributed by atoms with Gasteiger partial charge in [0.05, 0.1) is 19.8 Å². The first-order chi connectivity index (χ1) is 16.0. The second-order valence-corrected chi connectivity index (χ2v) is 6.59. The van der Waals surface area contributed by atoms with Crippen molar-refractivity contribution < 1.29 is 50.1 Å². The summed E-state index contributed by atoms with van der Waals surface area (Å²) in [6.45, 7) is -3.25. The Hall–Kier alpha value is -3.28. The average molecular weight is 495 g/mol. The number of rotatable bonds is 9. The van der Waals surface area contributed by atoms with E-state index in [-0.39, 0.29) is 24.3 Å². The van der Waals surface area contributed by atoms with Gasteiger partial charge in [-0.3, -0.25) is 4.79 Å². The minimum absolute atomic E-state index is 0.113. The molecule has 1 atom stereocenters. The molecule has 12 heteroatoms. The Morgan fingerprint density at radius 1 is 1.00 bits per heavy atom. The number of carbonyl (C=O) groups excluding carboxylic acids is 2. The summed E-state index contributed by atoms with van der Waals surface area (Å²) in [5.41, 5.74) is 1.14. The van der Waals surface area contributed by atoms with Crippen molar-refractivity contribution in [1.82, 2.24) is 5.32 Å². The molecule has 0 spiro atoms. The van der Waals surface area contributed by atoms with Crippen molar-refractivity contribution in [3.63, 3.8) is 0 Å². The van der Waals surface area contributed by atoms with E-state index in [9.17, 15) is 35.9 Å². The van der Waals surface area contributed by atoms with Crippen LogP contribution >= 0.6 is 0 Å². The fraction of sp³-hybridized carbons (Fsp3) is 0.364. The summed E-state index contributed by atoms with van der Waals surface area (Å²) in [6.07, 6.45) is -6.36. The zero-order chi connectivity index (χ0) is 25.7. The molecule has 0 aliphatic carbocycles. The quantitative estimate of drug-likeness (QED) is 0.415. The van der Waals surface area contributed by atoms with E-state index in [0.717, 1.165) is 7.11 Å². The molecule has 1 amide bonds. The fourth-order valence-electron chi connectivity index (χ4n) is 2.69. The molecule has 0 aromatic heterocycles. The largest absolute Gasteiger partial charge is 0.496 e. The van der Waals surface area contributed by atoms with Crippen LogP contribution in [0, 0.1) is 5.82 Å². The molecular weight excluding hydrogens is 472 g/mol. The third kappa shape index (κ3) is 10.1. The van der Waals surface area contributed by atoms with Gasteiger partial charge in [-0.25, -0.2) is 18.0 Å². The molecule has 1 N–H and O–H groups in total. The van der Waals surface area contributed by atoms with Crippen molar-refractivity contribution in [2.45, 2.75) is 25.2 Å². The highest BCUT2D eigenvalue weighted by Gasteiger charge is 2.32. The number of esters is 1. The molecule has 2 aromatic carbocycles. The van der Waals surface area contributed by atoms with Crippen LogP contribution in [0.15, 0.2) is 42.5 Å². The van der Waals surface area contributed by atoms with E-state index < -0.39 is 43.5 Å². The molecule has 0 radical (unpaired) electrons. The van der Waals surface area contributed by atoms with E-state index >= 15 is 0 Å². The number of nitrogens with one attached hydrogen (secondary N) is 1. The number of halogens is 6. The minimum Gasteiger partial charge on any atom is -0.496 e. The van der Waals surface area contributed by atoms with E-state index in [1.807, 2.05) is 0 Å². The summed E-state index contributed by atoms with van der Waals surface area (Å²) in [5, 5.41) is 2.66. The van der Waals surface area contributed by atoms with Crippen LogP contribution in [0.3, 0.4) is 0 Å². The van der Waals surface area contributed by atoms with Gasteiger partial charge in [0.2, 0.25) is 6.93 Å². The van der Waals surface area contributed by atoms with Crippen molar-refractivity contribution in [3.8, 4) is 5.75 Å². The molecule has 0 aliphatic rings. The zero-order valence-electron chi connectivity index (χ0n) is 18.3. The van der Waals surface area contributed by atoms with Gasteiger partial charge in [-0.1, -0.05) is 18.2 Å². The van der Waals surface area contributed by atoms with Crippen LogP contribution in [0.25, 0.3) is 0 Å². The van der Waals surface area contributed by atoms with E-state index in [0.29, 0.717) is 11.1 Å². The molecular formula is C22H23F6NO5. The van der Waals surface area contributed by atoms with E-state index in [1.54, 1.807) is 0 Å². The van der Waals surface area contributed by atoms with E-state index in [1.165, 1.54) is 49.6 Å². The van der Waals surface area contributed by atoms with Gasteiger partial charge >= 0.3 is 12.1 Å². The predicted molar refractivity (Wildman–Crippen MR) is 109 cm³/mol. The summed E-state index contributed by atoms with van der Waals surface area (Å²) < 4.78 is 84.0. The number of hydrogen-bond acceptors (Lipinski definition) is 5. The number of hydrogen-bond donors (Lipinski definition) is 1. The monoisotopic (exact) mass is 495 g/mol. The van der Waals surface area contributed by atoms with Gasteiger partial charge in [-0.05, 0) is 35.4 Å². The maximum Gasteiger partial charge on any atom is 0.411 e. The molecule has 0 saturated heterocycles. The average Bonchev–Trinajstić information content (AvgIpc) is 2.80. The number of alkyl halides is 5. The summed E-state index contributed by atoms with van der Waals surface area (Å²) in [4.78, 5) is 24.4. The highest BCUT2D eigenvalue weighted by molar-refractivity contribution is 5.97. The van der Waals surface area contributed by atoms with Crippen molar-refractivity contribution in [1.29, 1.82) is 0 Å². The molecule has 6 nitrogen and oxygen atoms in total. The van der Waals surface area contributed by atoms with Gasteiger partial charge in [0.25, 0.3) is 5.91 Å². The Bertz CT molecular complexity index is 921. The lowest BCUT2D eigenvalue weighted by molar-refractivity contribution is -0.193. The topological polar surface area (TPSA) is 73.9 Å². The Morgan fingerprint density at radius 3 is 2.12 bits per heavy atom. The smallest absolute Gasteiger partial charge is 0.411 e. The number of carbonyl (C=O) groups is 2. The van der Waals surface area contributed by atoms with Crippen LogP contribution < -0.4 is 10.1 Å². The Balaban J connectivity index is 0.00000182. The maximum atomic E-state index is 13.0. The lowest BCUT2D eigenvalue weighted by Gasteiger charge is -2.18. The first-order valence-electron chi connectivity index (χ1n) is 9.62. The van der Waals surface area contributed by atoms with Gasteiger partial charge < -0.3 is 19.5 Å². The molecule has 0 fully saturated rings. The standard InChI is InChI=1S/C21H21F4NO5.CH2F2/c1-29-17-8-5-14(10-18(20(28)30-2)31-12-21(23,24)25)9-16(17)19(27)26-11-13-3-6-15(22)7-4-13;2-1-3/h3-9,18H,10-12H2,1-2H3,(H,26,27);1H2. The molecule has 0 heterocycles. The van der Waals surface area contributed by atoms with Gasteiger partial charge in [0.15, 0.2) is 6.10 Å². The molecule has 0 saturated carbocycles. The second-order valence-electron chi connectivity index (χ2n) is 6.59. The van der Waals surface area contributed by atoms with Crippen molar-refractivity contribution >= 4 is 11.9 Å². The van der Waals surface area contributed by atoms with Crippen LogP contribution in [0.2, 0.25) is 0 Å². The summed E-state index contributed by atoms with van der Waals surface area (Å²) in [5.74, 6) is -1.67. The SMILES string of the molecule is COC(=O)C(Cc1ccc(OC)c(C(=O)NCc2ccc(F)cc2)c1)OCC(F)(F)F.FCF. The minimum atomic E-state index is -4.61. The van der Waals surface area contributed by atoms with Crippen molar-refractivity contribution in [2.24, 2.45) is 0 Å². The Morgan fingerprint density at radius 2 is 1.59 bits per heavy atom. The van der Waals surface area contributed by atoms with Crippen molar-refractivity contribution in [3.05, 3.63) is 65.0 Å². The van der Waals surface area contributed by atoms with Crippen LogP contribution in [-0.2, 0) is 27.2 Å². The van der Waals surface area contributed by atoms with Crippen LogP contribution in [0.5, 0.6) is 5.75 Å². The van der Waals surface area contributed by atoms with Gasteiger partial charge in [-0.2, -0.15) is 13.2 Å². The maximum absolute atomic E-state index is 13.0. The molecule has 0 aliphatic heterocycles. The molecule has 2 rings (SSSR count). The van der Waals surface area contributed by atoms with Crippen LogP contribution in [0.4, 0.5) is 26.3 Å². The molecule has 188 valence electrons. The van der Waals surface area contributed by atoms with Gasteiger partial charge in [0, 0.05) is 13.0 Å². The molecule has 0 bridgehead atoms. The van der Waals surface area contributed by atoms with E-state index in [4.69, 9.17) is 4.74 Å². The highest BCUT2D eigenvalue weighted by atomic mass is 19.4. The third-order valence-electron chi connectivity index (χ3n) is 4.21. The lowest BCUT2D eigenvalue weighted by atomic mass is 10.0. The summed E-state index contributed by atoms with van der Waals surface area (Å²) in [7, 11) is 2.39. The van der Waals surface area contributed by atoms with Crippen molar-refractivity contribution in [2.75, 3.05) is 27.8 Å². The Kier molecular flexibility index (Phi) is 11.9. The molecule has 1 unspecified atom stereocenters. The molecule has 34 heavy (non-hydrogen) atoms. The normalized spacial score (nSPS) is 11.6. The number of methoxy groups -OCH3 is 2. The van der Waals surface area contributed by atoms with Gasteiger partial charge in [-0.15, -0.1) is 0 Å². The number of amides is 1. The zero-order valence-corrected chi connectivity index (χ0v) is 18.3. The number of benzene rings is 2. The predicted octanol–water partition coefficient (Wildman–Crippen LogP) is 4.31. The number of ether oxygens (including phenoxy) is 3. The highest BCUT2D eigenvalue weighted by Crippen LogP contribution is 2.23. The van der Waals surface area contributed by atoms with Crippen LogP contribution in [-0.4, -0.2) is 51.9 Å². The first kappa shape index (κ1) is 28.8. The molecule has 2 aromatic rings. The van der Waals surface area contributed by atoms with Crippen LogP contribution in [0.1, 0.15) is 21.5 Å². The fourth-order valence-corrected chi connectivity index (χ4v) is 2.69. The van der Waals surface area contributed by atoms with Gasteiger partial charge in [0.1, 0.15) is 18.2 Å². The van der Waals surface area contributed by atoms with E-state index in [2.05, 4.69) is 14.8 Å². The first-order valence-corrected chi connectivity index (χ1v) is 9.62.